The Kier molecular flexibility index (Phi) is 7.70. The van der Waals surface area contributed by atoms with Crippen LogP contribution in [0.1, 0.15) is 44.7 Å². The van der Waals surface area contributed by atoms with Gasteiger partial charge in [-0.2, -0.15) is 0 Å². The van der Waals surface area contributed by atoms with Gasteiger partial charge in [0.05, 0.1) is 36.0 Å². The van der Waals surface area contributed by atoms with Gasteiger partial charge in [0.2, 0.25) is 0 Å². The van der Waals surface area contributed by atoms with E-state index in [1.807, 2.05) is 50.2 Å². The van der Waals surface area contributed by atoms with E-state index in [0.29, 0.717) is 22.5 Å². The maximum atomic E-state index is 13.1. The summed E-state index contributed by atoms with van der Waals surface area (Å²) in [6.45, 7) is 9.72. The van der Waals surface area contributed by atoms with Crippen LogP contribution in [0.25, 0.3) is 21.8 Å². The first-order valence-corrected chi connectivity index (χ1v) is 12.9. The molecule has 4 rings (SSSR count). The molecule has 2 heterocycles. The van der Waals surface area contributed by atoms with Gasteiger partial charge >= 0.3 is 11.9 Å². The second kappa shape index (κ2) is 10.9. The molecule has 7 heteroatoms. The van der Waals surface area contributed by atoms with Crippen LogP contribution in [-0.4, -0.2) is 30.1 Å². The van der Waals surface area contributed by atoms with E-state index >= 15 is 0 Å². The number of hydrogen-bond acceptors (Lipinski definition) is 7. The predicted octanol–water partition coefficient (Wildman–Crippen LogP) is 6.15. The van der Waals surface area contributed by atoms with E-state index in [1.165, 1.54) is 0 Å². The highest BCUT2D eigenvalue weighted by molar-refractivity contribution is 7.13. The van der Waals surface area contributed by atoms with Gasteiger partial charge in [-0.25, -0.2) is 14.6 Å². The summed E-state index contributed by atoms with van der Waals surface area (Å²) in [6.07, 6.45) is 0. The van der Waals surface area contributed by atoms with E-state index in [-0.39, 0.29) is 13.2 Å². The Balaban J connectivity index is 1.80. The highest BCUT2D eigenvalue weighted by Crippen LogP contribution is 2.41. The molecule has 0 amide bonds. The van der Waals surface area contributed by atoms with Crippen molar-refractivity contribution in [3.63, 3.8) is 0 Å². The standard InChI is InChI=1S/C29H30N2O4S/c1-6-34-28(32)24-18(4)30-19(5)25(29(33)35-7-2)26(24)20-12-10-13-21(15-20)27-31-23(16-36-27)22-14-9-8-11-17(22)3/h8-16,26,30H,6-7H2,1-5H3. The highest BCUT2D eigenvalue weighted by atomic mass is 32.1. The fraction of sp³-hybridized carbons (Fsp3) is 0.276. The number of thiazole rings is 1. The van der Waals surface area contributed by atoms with Gasteiger partial charge in [0.25, 0.3) is 0 Å². The van der Waals surface area contributed by atoms with Crippen LogP contribution < -0.4 is 5.32 Å². The summed E-state index contributed by atoms with van der Waals surface area (Å²) in [5.41, 5.74) is 7.02. The fourth-order valence-corrected chi connectivity index (χ4v) is 5.34. The lowest BCUT2D eigenvalue weighted by Gasteiger charge is -2.30. The number of allylic oxidation sites excluding steroid dienone is 2. The van der Waals surface area contributed by atoms with Gasteiger partial charge in [0.1, 0.15) is 5.01 Å². The molecule has 1 N–H and O–H groups in total. The van der Waals surface area contributed by atoms with Crippen molar-refractivity contribution < 1.29 is 19.1 Å². The zero-order valence-corrected chi connectivity index (χ0v) is 22.0. The average molecular weight is 503 g/mol. The van der Waals surface area contributed by atoms with Crippen LogP contribution in [0.4, 0.5) is 0 Å². The lowest BCUT2D eigenvalue weighted by molar-refractivity contribution is -0.139. The number of nitrogens with one attached hydrogen (secondary N) is 1. The molecule has 186 valence electrons. The van der Waals surface area contributed by atoms with E-state index in [2.05, 4.69) is 29.8 Å². The molecule has 0 unspecified atom stereocenters. The summed E-state index contributed by atoms with van der Waals surface area (Å²) in [6, 6.07) is 16.0. The second-order valence-corrected chi connectivity index (χ2v) is 9.41. The monoisotopic (exact) mass is 502 g/mol. The van der Waals surface area contributed by atoms with E-state index in [1.54, 1.807) is 25.2 Å². The zero-order chi connectivity index (χ0) is 25.8. The van der Waals surface area contributed by atoms with Crippen molar-refractivity contribution in [3.05, 3.63) is 87.6 Å². The molecule has 0 aliphatic carbocycles. The Morgan fingerprint density at radius 2 is 1.56 bits per heavy atom. The molecule has 3 aromatic rings. The molecule has 1 aromatic heterocycles. The molecule has 0 saturated heterocycles. The molecule has 0 spiro atoms. The van der Waals surface area contributed by atoms with Crippen LogP contribution in [0.2, 0.25) is 0 Å². The minimum absolute atomic E-state index is 0.237. The molecule has 0 fully saturated rings. The van der Waals surface area contributed by atoms with E-state index in [4.69, 9.17) is 14.5 Å². The Hall–Kier alpha value is -3.71. The maximum Gasteiger partial charge on any atom is 0.336 e. The van der Waals surface area contributed by atoms with Crippen LogP contribution >= 0.6 is 11.3 Å². The van der Waals surface area contributed by atoms with Crippen molar-refractivity contribution in [1.29, 1.82) is 0 Å². The summed E-state index contributed by atoms with van der Waals surface area (Å²) < 4.78 is 10.8. The molecule has 0 bridgehead atoms. The Labute approximate surface area is 215 Å². The van der Waals surface area contributed by atoms with Crippen molar-refractivity contribution in [2.24, 2.45) is 0 Å². The van der Waals surface area contributed by atoms with Crippen LogP contribution in [0.15, 0.2) is 76.5 Å². The minimum Gasteiger partial charge on any atom is -0.463 e. The van der Waals surface area contributed by atoms with Gasteiger partial charge in [-0.05, 0) is 51.8 Å². The van der Waals surface area contributed by atoms with Crippen LogP contribution in [0, 0.1) is 6.92 Å². The third-order valence-corrected chi connectivity index (χ3v) is 7.03. The third kappa shape index (κ3) is 4.97. The van der Waals surface area contributed by atoms with Crippen molar-refractivity contribution in [2.45, 2.75) is 40.5 Å². The van der Waals surface area contributed by atoms with Gasteiger partial charge in [0, 0.05) is 27.9 Å². The van der Waals surface area contributed by atoms with E-state index in [0.717, 1.165) is 33.0 Å². The number of carbonyl (C=O) groups excluding carboxylic acids is 2. The fourth-order valence-electron chi connectivity index (χ4n) is 4.53. The molecule has 6 nitrogen and oxygen atoms in total. The number of esters is 2. The smallest absolute Gasteiger partial charge is 0.336 e. The topological polar surface area (TPSA) is 77.5 Å². The predicted molar refractivity (Wildman–Crippen MR) is 142 cm³/mol. The molecule has 1 aliphatic rings. The molecular formula is C29H30N2O4S. The zero-order valence-electron chi connectivity index (χ0n) is 21.2. The number of dihydropyridines is 1. The minimum atomic E-state index is -0.625. The molecule has 0 atom stereocenters. The normalized spacial score (nSPS) is 14.0. The summed E-state index contributed by atoms with van der Waals surface area (Å²) in [4.78, 5) is 31.0. The highest BCUT2D eigenvalue weighted by Gasteiger charge is 2.38. The van der Waals surface area contributed by atoms with Crippen molar-refractivity contribution in [2.75, 3.05) is 13.2 Å². The van der Waals surface area contributed by atoms with Crippen LogP contribution in [-0.2, 0) is 19.1 Å². The average Bonchev–Trinajstić information content (AvgIpc) is 3.34. The number of carbonyl (C=O) groups is 2. The Bertz CT molecular complexity index is 1330. The van der Waals surface area contributed by atoms with E-state index in [9.17, 15) is 9.59 Å². The van der Waals surface area contributed by atoms with Gasteiger partial charge in [-0.3, -0.25) is 0 Å². The Morgan fingerprint density at radius 1 is 0.917 bits per heavy atom. The first kappa shape index (κ1) is 25.4. The third-order valence-electron chi connectivity index (χ3n) is 6.14. The van der Waals surface area contributed by atoms with Gasteiger partial charge < -0.3 is 14.8 Å². The molecule has 2 aromatic carbocycles. The number of benzene rings is 2. The summed E-state index contributed by atoms with van der Waals surface area (Å²) >= 11 is 1.56. The first-order chi connectivity index (χ1) is 17.3. The molecular weight excluding hydrogens is 472 g/mol. The summed E-state index contributed by atoms with van der Waals surface area (Å²) in [5, 5.41) is 6.09. The molecule has 36 heavy (non-hydrogen) atoms. The summed E-state index contributed by atoms with van der Waals surface area (Å²) in [7, 11) is 0. The van der Waals surface area contributed by atoms with E-state index < -0.39 is 17.9 Å². The van der Waals surface area contributed by atoms with Crippen molar-refractivity contribution >= 4 is 23.3 Å². The lowest BCUT2D eigenvalue weighted by Crippen LogP contribution is -2.32. The van der Waals surface area contributed by atoms with Crippen molar-refractivity contribution in [3.8, 4) is 21.8 Å². The first-order valence-electron chi connectivity index (χ1n) is 12.0. The molecule has 0 radical (unpaired) electrons. The summed E-state index contributed by atoms with van der Waals surface area (Å²) in [5.74, 6) is -1.54. The number of rotatable bonds is 7. The quantitative estimate of drug-likeness (QED) is 0.391. The number of nitrogens with zero attached hydrogens (tertiary/aromatic N) is 1. The van der Waals surface area contributed by atoms with Gasteiger partial charge in [0.15, 0.2) is 0 Å². The van der Waals surface area contributed by atoms with Crippen molar-refractivity contribution in [1.82, 2.24) is 10.3 Å². The van der Waals surface area contributed by atoms with Crippen LogP contribution in [0.5, 0.6) is 0 Å². The number of aryl methyl sites for hydroxylation is 1. The van der Waals surface area contributed by atoms with Gasteiger partial charge in [-0.15, -0.1) is 11.3 Å². The van der Waals surface area contributed by atoms with Crippen LogP contribution in [0.3, 0.4) is 0 Å². The largest absolute Gasteiger partial charge is 0.463 e. The van der Waals surface area contributed by atoms with Gasteiger partial charge in [-0.1, -0.05) is 42.5 Å². The lowest BCUT2D eigenvalue weighted by atomic mass is 9.80. The number of ether oxygens (including phenoxy) is 2. The molecule has 0 saturated carbocycles. The molecule has 1 aliphatic heterocycles. The SMILES string of the molecule is CCOC(=O)C1=C(C)NC(C)=C(C(=O)OCC)C1c1cccc(-c2nc(-c3ccccc3C)cs2)c1. The Morgan fingerprint density at radius 3 is 2.17 bits per heavy atom. The number of hydrogen-bond donors (Lipinski definition) is 1. The second-order valence-electron chi connectivity index (χ2n) is 8.55. The number of aromatic nitrogens is 1. The maximum absolute atomic E-state index is 13.1.